The lowest BCUT2D eigenvalue weighted by Gasteiger charge is -2.10. The predicted octanol–water partition coefficient (Wildman–Crippen LogP) is 4.99. The first-order valence-corrected chi connectivity index (χ1v) is 7.09. The second kappa shape index (κ2) is 7.88. The molecule has 0 radical (unpaired) electrons. The number of carbonyl (C=O) groups is 1. The minimum Gasteiger partial charge on any atom is -0.493 e. The van der Waals surface area contributed by atoms with Gasteiger partial charge < -0.3 is 9.47 Å². The van der Waals surface area contributed by atoms with Gasteiger partial charge in [0.2, 0.25) is 0 Å². The SMILES string of the molecule is COc1cc(C=CC(=O)c2ccc(F)c(Cl)c2)ccc1OC(F)F. The van der Waals surface area contributed by atoms with Gasteiger partial charge in [-0.3, -0.25) is 4.79 Å². The first-order chi connectivity index (χ1) is 11.4. The van der Waals surface area contributed by atoms with E-state index in [-0.39, 0.29) is 27.9 Å². The molecular weight excluding hydrogens is 345 g/mol. The minimum atomic E-state index is -2.97. The minimum absolute atomic E-state index is 0.106. The molecule has 0 saturated heterocycles. The van der Waals surface area contributed by atoms with E-state index < -0.39 is 12.4 Å². The Kier molecular flexibility index (Phi) is 5.87. The van der Waals surface area contributed by atoms with Gasteiger partial charge in [-0.1, -0.05) is 23.7 Å². The van der Waals surface area contributed by atoms with E-state index in [9.17, 15) is 18.0 Å². The molecule has 2 rings (SSSR count). The Labute approximate surface area is 141 Å². The number of halogens is 4. The van der Waals surface area contributed by atoms with Crippen molar-refractivity contribution in [1.29, 1.82) is 0 Å². The molecule has 126 valence electrons. The molecule has 3 nitrogen and oxygen atoms in total. The smallest absolute Gasteiger partial charge is 0.387 e. The Balaban J connectivity index is 2.18. The Bertz CT molecular complexity index is 776. The summed E-state index contributed by atoms with van der Waals surface area (Å²) in [4.78, 5) is 12.0. The Morgan fingerprint density at radius 1 is 1.17 bits per heavy atom. The lowest BCUT2D eigenvalue weighted by atomic mass is 10.1. The van der Waals surface area contributed by atoms with Gasteiger partial charge in [0.05, 0.1) is 12.1 Å². The van der Waals surface area contributed by atoms with Crippen LogP contribution in [0, 0.1) is 5.82 Å². The van der Waals surface area contributed by atoms with Crippen molar-refractivity contribution < 1.29 is 27.4 Å². The first-order valence-electron chi connectivity index (χ1n) is 6.71. The van der Waals surface area contributed by atoms with E-state index >= 15 is 0 Å². The summed E-state index contributed by atoms with van der Waals surface area (Å²) in [6, 6.07) is 7.88. The van der Waals surface area contributed by atoms with E-state index in [0.717, 1.165) is 6.07 Å². The first kappa shape index (κ1) is 17.9. The van der Waals surface area contributed by atoms with Crippen LogP contribution in [0.25, 0.3) is 6.08 Å². The molecule has 0 aliphatic rings. The van der Waals surface area contributed by atoms with Crippen molar-refractivity contribution in [2.45, 2.75) is 6.61 Å². The van der Waals surface area contributed by atoms with Gasteiger partial charge in [-0.25, -0.2) is 4.39 Å². The molecule has 0 aromatic heterocycles. The fourth-order valence-electron chi connectivity index (χ4n) is 1.90. The second-order valence-electron chi connectivity index (χ2n) is 4.62. The summed E-state index contributed by atoms with van der Waals surface area (Å²) < 4.78 is 46.9. The number of carbonyl (C=O) groups excluding carboxylic acids is 1. The van der Waals surface area contributed by atoms with Gasteiger partial charge in [-0.15, -0.1) is 0 Å². The van der Waals surface area contributed by atoms with Gasteiger partial charge in [0.25, 0.3) is 0 Å². The second-order valence-corrected chi connectivity index (χ2v) is 5.02. The molecule has 2 aromatic carbocycles. The van der Waals surface area contributed by atoms with Gasteiger partial charge in [0.15, 0.2) is 17.3 Å². The fourth-order valence-corrected chi connectivity index (χ4v) is 2.08. The monoisotopic (exact) mass is 356 g/mol. The van der Waals surface area contributed by atoms with Crippen LogP contribution in [-0.2, 0) is 0 Å². The van der Waals surface area contributed by atoms with Gasteiger partial charge in [-0.05, 0) is 42.0 Å². The molecule has 0 aliphatic carbocycles. The number of hydrogen-bond donors (Lipinski definition) is 0. The quantitative estimate of drug-likeness (QED) is 0.540. The summed E-state index contributed by atoms with van der Waals surface area (Å²) in [6.07, 6.45) is 2.72. The molecule has 0 bridgehead atoms. The van der Waals surface area contributed by atoms with Crippen molar-refractivity contribution in [2.24, 2.45) is 0 Å². The van der Waals surface area contributed by atoms with Crippen LogP contribution in [0.1, 0.15) is 15.9 Å². The Morgan fingerprint density at radius 2 is 1.92 bits per heavy atom. The third kappa shape index (κ3) is 4.52. The molecule has 0 atom stereocenters. The zero-order valence-electron chi connectivity index (χ0n) is 12.4. The van der Waals surface area contributed by atoms with Crippen molar-refractivity contribution in [3.8, 4) is 11.5 Å². The maximum atomic E-state index is 13.1. The highest BCUT2D eigenvalue weighted by molar-refractivity contribution is 6.31. The highest BCUT2D eigenvalue weighted by Crippen LogP contribution is 2.30. The summed E-state index contributed by atoms with van der Waals surface area (Å²) in [5.74, 6) is -1.00. The molecule has 7 heteroatoms. The summed E-state index contributed by atoms with van der Waals surface area (Å²) >= 11 is 5.63. The van der Waals surface area contributed by atoms with Crippen LogP contribution >= 0.6 is 11.6 Å². The lowest BCUT2D eigenvalue weighted by Crippen LogP contribution is -2.03. The molecule has 0 unspecified atom stereocenters. The molecule has 0 fully saturated rings. The maximum Gasteiger partial charge on any atom is 0.387 e. The number of methoxy groups -OCH3 is 1. The van der Waals surface area contributed by atoms with Gasteiger partial charge in [0, 0.05) is 5.56 Å². The van der Waals surface area contributed by atoms with Gasteiger partial charge >= 0.3 is 6.61 Å². The van der Waals surface area contributed by atoms with Crippen molar-refractivity contribution in [3.63, 3.8) is 0 Å². The summed E-state index contributed by atoms with van der Waals surface area (Å²) in [5.41, 5.74) is 0.761. The van der Waals surface area contributed by atoms with E-state index in [2.05, 4.69) is 4.74 Å². The van der Waals surface area contributed by atoms with E-state index in [0.29, 0.717) is 5.56 Å². The number of ether oxygens (including phenoxy) is 2. The highest BCUT2D eigenvalue weighted by Gasteiger charge is 2.11. The van der Waals surface area contributed by atoms with E-state index in [1.54, 1.807) is 0 Å². The Hall–Kier alpha value is -2.47. The zero-order valence-corrected chi connectivity index (χ0v) is 13.2. The zero-order chi connectivity index (χ0) is 17.7. The number of alkyl halides is 2. The van der Waals surface area contributed by atoms with Crippen LogP contribution in [0.3, 0.4) is 0 Å². The van der Waals surface area contributed by atoms with Crippen LogP contribution < -0.4 is 9.47 Å². The maximum absolute atomic E-state index is 13.1. The van der Waals surface area contributed by atoms with Gasteiger partial charge in [-0.2, -0.15) is 8.78 Å². The molecule has 0 heterocycles. The third-order valence-electron chi connectivity index (χ3n) is 3.04. The van der Waals surface area contributed by atoms with Crippen LogP contribution in [0.2, 0.25) is 5.02 Å². The van der Waals surface area contributed by atoms with Crippen LogP contribution in [-0.4, -0.2) is 19.5 Å². The molecule has 0 N–H and O–H groups in total. The standard InChI is InChI=1S/C17H12ClF3O3/c1-23-16-8-10(3-7-15(16)24-17(20)21)2-6-14(22)11-4-5-13(19)12(18)9-11/h2-9,17H,1H3. The number of rotatable bonds is 6. The van der Waals surface area contributed by atoms with Crippen molar-refractivity contribution >= 4 is 23.5 Å². The number of hydrogen-bond acceptors (Lipinski definition) is 3. The van der Waals surface area contributed by atoms with Crippen molar-refractivity contribution in [3.05, 3.63) is 64.4 Å². The average molecular weight is 357 g/mol. The molecule has 24 heavy (non-hydrogen) atoms. The molecule has 0 saturated carbocycles. The Morgan fingerprint density at radius 3 is 2.54 bits per heavy atom. The average Bonchev–Trinajstić information content (AvgIpc) is 2.55. The largest absolute Gasteiger partial charge is 0.493 e. The van der Waals surface area contributed by atoms with Crippen molar-refractivity contribution in [1.82, 2.24) is 0 Å². The van der Waals surface area contributed by atoms with Gasteiger partial charge in [0.1, 0.15) is 5.82 Å². The van der Waals surface area contributed by atoms with E-state index in [4.69, 9.17) is 16.3 Å². The summed E-state index contributed by atoms with van der Waals surface area (Å²) in [6.45, 7) is -2.97. The topological polar surface area (TPSA) is 35.5 Å². The molecule has 0 amide bonds. The lowest BCUT2D eigenvalue weighted by molar-refractivity contribution is -0.0512. The van der Waals surface area contributed by atoms with E-state index in [1.165, 1.54) is 49.6 Å². The number of benzene rings is 2. The summed E-state index contributed by atoms with van der Waals surface area (Å²) in [5, 5.41) is -0.149. The highest BCUT2D eigenvalue weighted by atomic mass is 35.5. The van der Waals surface area contributed by atoms with Crippen molar-refractivity contribution in [2.75, 3.05) is 7.11 Å². The fraction of sp³-hybridized carbons (Fsp3) is 0.118. The molecule has 2 aromatic rings. The third-order valence-corrected chi connectivity index (χ3v) is 3.32. The normalized spacial score (nSPS) is 11.1. The van der Waals surface area contributed by atoms with Crippen LogP contribution in [0.15, 0.2) is 42.5 Å². The van der Waals surface area contributed by atoms with E-state index in [1.807, 2.05) is 0 Å². The molecule has 0 spiro atoms. The predicted molar refractivity (Wildman–Crippen MR) is 84.4 cm³/mol. The molecular formula is C17H12ClF3O3. The van der Waals surface area contributed by atoms with Crippen LogP contribution in [0.5, 0.6) is 11.5 Å². The molecule has 0 aliphatic heterocycles. The number of ketones is 1. The van der Waals surface area contributed by atoms with Crippen LogP contribution in [0.4, 0.5) is 13.2 Å². The summed E-state index contributed by atoms with van der Waals surface area (Å²) in [7, 11) is 1.31. The number of allylic oxidation sites excluding steroid dienone is 1.